The first-order valence-electron chi connectivity index (χ1n) is 5.88. The number of aryl methyl sites for hydroxylation is 2. The molecule has 0 aliphatic carbocycles. The van der Waals surface area contributed by atoms with E-state index in [4.69, 9.17) is 20.9 Å². The van der Waals surface area contributed by atoms with Crippen molar-refractivity contribution >= 4 is 23.4 Å². The summed E-state index contributed by atoms with van der Waals surface area (Å²) in [5.74, 6) is -0.643. The van der Waals surface area contributed by atoms with E-state index in [9.17, 15) is 9.59 Å². The number of carbonyl (C=O) groups excluding carboxylic acids is 2. The van der Waals surface area contributed by atoms with E-state index in [1.54, 1.807) is 38.1 Å². The molecule has 5 nitrogen and oxygen atoms in total. The molecule has 1 aromatic carbocycles. The van der Waals surface area contributed by atoms with E-state index >= 15 is 0 Å². The lowest BCUT2D eigenvalue weighted by Crippen LogP contribution is -2.15. The quantitative estimate of drug-likeness (QED) is 0.640. The van der Waals surface area contributed by atoms with Crippen molar-refractivity contribution in [3.8, 4) is 0 Å². The van der Waals surface area contributed by atoms with Gasteiger partial charge in [0.05, 0.1) is 10.7 Å². The van der Waals surface area contributed by atoms with Crippen molar-refractivity contribution in [2.75, 3.05) is 6.61 Å². The van der Waals surface area contributed by atoms with Crippen LogP contribution in [0.2, 0.25) is 5.02 Å². The average molecular weight is 294 g/mol. The minimum atomic E-state index is -0.637. The van der Waals surface area contributed by atoms with Gasteiger partial charge in [-0.2, -0.15) is 0 Å². The highest BCUT2D eigenvalue weighted by Crippen LogP contribution is 2.17. The zero-order valence-electron chi connectivity index (χ0n) is 11.0. The van der Waals surface area contributed by atoms with Crippen LogP contribution in [0.25, 0.3) is 0 Å². The molecule has 2 aromatic rings. The molecule has 0 N–H and O–H groups in total. The first-order valence-corrected chi connectivity index (χ1v) is 6.26. The number of carbonyl (C=O) groups is 2. The number of halogens is 1. The van der Waals surface area contributed by atoms with Crippen LogP contribution in [0.4, 0.5) is 0 Å². The molecular formula is C14H12ClNO4. The van der Waals surface area contributed by atoms with Crippen molar-refractivity contribution < 1.29 is 18.8 Å². The van der Waals surface area contributed by atoms with Crippen molar-refractivity contribution in [3.05, 3.63) is 51.9 Å². The van der Waals surface area contributed by atoms with E-state index in [0.29, 0.717) is 22.0 Å². The molecule has 0 spiro atoms. The summed E-state index contributed by atoms with van der Waals surface area (Å²) in [5.41, 5.74) is 0.996. The van der Waals surface area contributed by atoms with Crippen molar-refractivity contribution in [2.24, 2.45) is 0 Å². The Balaban J connectivity index is 2.05. The van der Waals surface area contributed by atoms with Gasteiger partial charge < -0.3 is 9.26 Å². The van der Waals surface area contributed by atoms with Crippen LogP contribution < -0.4 is 0 Å². The molecule has 0 fully saturated rings. The zero-order chi connectivity index (χ0) is 14.7. The van der Waals surface area contributed by atoms with Gasteiger partial charge in [-0.15, -0.1) is 0 Å². The first kappa shape index (κ1) is 14.3. The summed E-state index contributed by atoms with van der Waals surface area (Å²) in [6, 6.07) is 6.59. The van der Waals surface area contributed by atoms with E-state index in [1.807, 2.05) is 0 Å². The number of ether oxygens (including phenoxy) is 1. The molecule has 6 heteroatoms. The minimum absolute atomic E-state index is 0.247. The predicted octanol–water partition coefficient (Wildman–Crippen LogP) is 2.98. The summed E-state index contributed by atoms with van der Waals surface area (Å²) in [6.07, 6.45) is 0. The Morgan fingerprint density at radius 3 is 2.60 bits per heavy atom. The third kappa shape index (κ3) is 2.88. The Morgan fingerprint density at radius 1 is 1.30 bits per heavy atom. The van der Waals surface area contributed by atoms with E-state index in [0.717, 1.165) is 0 Å². The molecule has 0 bridgehead atoms. The van der Waals surface area contributed by atoms with Crippen LogP contribution in [0.1, 0.15) is 32.2 Å². The van der Waals surface area contributed by atoms with Crippen LogP contribution >= 0.6 is 11.6 Å². The van der Waals surface area contributed by atoms with Crippen LogP contribution in [0, 0.1) is 13.8 Å². The Kier molecular flexibility index (Phi) is 4.20. The fourth-order valence-electron chi connectivity index (χ4n) is 1.74. The number of esters is 1. The second-order valence-electron chi connectivity index (χ2n) is 4.18. The smallest absolute Gasteiger partial charge is 0.344 e. The summed E-state index contributed by atoms with van der Waals surface area (Å²) >= 11 is 5.90. The Hall–Kier alpha value is -2.14. The first-order chi connectivity index (χ1) is 9.50. The molecule has 0 saturated heterocycles. The maximum atomic E-state index is 11.9. The van der Waals surface area contributed by atoms with Crippen molar-refractivity contribution in [1.82, 2.24) is 5.16 Å². The summed E-state index contributed by atoms with van der Waals surface area (Å²) in [7, 11) is 0. The molecule has 1 heterocycles. The number of rotatable bonds is 4. The molecule has 0 aliphatic heterocycles. The van der Waals surface area contributed by atoms with Gasteiger partial charge >= 0.3 is 5.97 Å². The van der Waals surface area contributed by atoms with E-state index in [-0.39, 0.29) is 18.0 Å². The zero-order valence-corrected chi connectivity index (χ0v) is 11.7. The Morgan fingerprint density at radius 2 is 2.00 bits per heavy atom. The largest absolute Gasteiger partial charge is 0.454 e. The maximum Gasteiger partial charge on any atom is 0.344 e. The van der Waals surface area contributed by atoms with E-state index < -0.39 is 5.97 Å². The lowest BCUT2D eigenvalue weighted by molar-refractivity contribution is 0.0472. The summed E-state index contributed by atoms with van der Waals surface area (Å²) in [4.78, 5) is 23.8. The fourth-order valence-corrected chi connectivity index (χ4v) is 1.98. The topological polar surface area (TPSA) is 69.4 Å². The number of hydrogen-bond acceptors (Lipinski definition) is 5. The van der Waals surface area contributed by atoms with Gasteiger partial charge in [0, 0.05) is 5.56 Å². The van der Waals surface area contributed by atoms with Crippen LogP contribution in [-0.2, 0) is 4.74 Å². The second-order valence-corrected chi connectivity index (χ2v) is 4.59. The number of aromatic nitrogens is 1. The lowest BCUT2D eigenvalue weighted by atomic mass is 10.1. The van der Waals surface area contributed by atoms with Crippen LogP contribution in [0.3, 0.4) is 0 Å². The van der Waals surface area contributed by atoms with Crippen LogP contribution in [-0.4, -0.2) is 23.5 Å². The molecule has 0 amide bonds. The predicted molar refractivity (Wildman–Crippen MR) is 72.0 cm³/mol. The molecule has 104 valence electrons. The van der Waals surface area contributed by atoms with Gasteiger partial charge in [0.1, 0.15) is 11.3 Å². The van der Waals surface area contributed by atoms with Gasteiger partial charge in [-0.3, -0.25) is 4.79 Å². The highest BCUT2D eigenvalue weighted by Gasteiger charge is 2.20. The van der Waals surface area contributed by atoms with Crippen molar-refractivity contribution in [2.45, 2.75) is 13.8 Å². The van der Waals surface area contributed by atoms with Crippen LogP contribution in [0.5, 0.6) is 0 Å². The number of Topliss-reactive ketones (excluding diaryl/α,β-unsaturated/α-hetero) is 1. The standard InChI is InChI=1S/C14H12ClNO4/c1-8-13(9(2)20-16-8)14(18)19-7-12(17)10-5-3-4-6-11(10)15/h3-6H,7H2,1-2H3. The molecular weight excluding hydrogens is 282 g/mol. The molecule has 20 heavy (non-hydrogen) atoms. The Bertz CT molecular complexity index is 643. The molecule has 0 radical (unpaired) electrons. The molecule has 1 aromatic heterocycles. The molecule has 0 aliphatic rings. The van der Waals surface area contributed by atoms with Gasteiger partial charge in [-0.05, 0) is 26.0 Å². The summed E-state index contributed by atoms with van der Waals surface area (Å²) in [6.45, 7) is 2.85. The summed E-state index contributed by atoms with van der Waals surface area (Å²) < 4.78 is 9.84. The van der Waals surface area contributed by atoms with Crippen molar-refractivity contribution in [3.63, 3.8) is 0 Å². The van der Waals surface area contributed by atoms with Crippen molar-refractivity contribution in [1.29, 1.82) is 0 Å². The van der Waals surface area contributed by atoms with E-state index in [1.165, 1.54) is 0 Å². The van der Waals surface area contributed by atoms with Gasteiger partial charge in [0.25, 0.3) is 0 Å². The highest BCUT2D eigenvalue weighted by molar-refractivity contribution is 6.34. The maximum absolute atomic E-state index is 11.9. The van der Waals surface area contributed by atoms with E-state index in [2.05, 4.69) is 5.16 Å². The third-order valence-corrected chi connectivity index (χ3v) is 3.08. The van der Waals surface area contributed by atoms with Gasteiger partial charge in [-0.1, -0.05) is 28.9 Å². The molecule has 2 rings (SSSR count). The Labute approximate surface area is 120 Å². The molecule has 0 saturated carbocycles. The highest BCUT2D eigenvalue weighted by atomic mass is 35.5. The third-order valence-electron chi connectivity index (χ3n) is 2.75. The number of benzene rings is 1. The SMILES string of the molecule is Cc1noc(C)c1C(=O)OCC(=O)c1ccccc1Cl. The number of ketones is 1. The fraction of sp³-hybridized carbons (Fsp3) is 0.214. The average Bonchev–Trinajstić information content (AvgIpc) is 2.76. The monoisotopic (exact) mass is 293 g/mol. The van der Waals surface area contributed by atoms with Crippen LogP contribution in [0.15, 0.2) is 28.8 Å². The molecule has 0 unspecified atom stereocenters. The number of nitrogens with zero attached hydrogens (tertiary/aromatic N) is 1. The minimum Gasteiger partial charge on any atom is -0.454 e. The lowest BCUT2D eigenvalue weighted by Gasteiger charge is -2.05. The molecule has 0 atom stereocenters. The van der Waals surface area contributed by atoms with Gasteiger partial charge in [-0.25, -0.2) is 4.79 Å². The van der Waals surface area contributed by atoms with Gasteiger partial charge in [0.15, 0.2) is 6.61 Å². The normalized spacial score (nSPS) is 10.3. The van der Waals surface area contributed by atoms with Gasteiger partial charge in [0.2, 0.25) is 5.78 Å². The summed E-state index contributed by atoms with van der Waals surface area (Å²) in [5, 5.41) is 3.98. The second kappa shape index (κ2) is 5.88. The number of hydrogen-bond donors (Lipinski definition) is 0.